The fourth-order valence-electron chi connectivity index (χ4n) is 6.65. The number of hydrogen-bond acceptors (Lipinski definition) is 0. The number of alkyl halides is 1. The average molecular weight is 616 g/mol. The Hall–Kier alpha value is -4.72. The van der Waals surface area contributed by atoms with Crippen molar-refractivity contribution < 1.29 is 0 Å². The van der Waals surface area contributed by atoms with E-state index in [0.717, 1.165) is 0 Å². The Balaban J connectivity index is 1.75. The van der Waals surface area contributed by atoms with Gasteiger partial charge >= 0.3 is 0 Å². The standard InChI is InChI=1S/C42H31Br/c43-42(36-29-17-6-18-30-36)40(34-25-13-4-14-26-34)38(32-21-9-2-10-22-32)37(31-19-7-1-8-20-31)39(33-23-11-3-12-24-33)41(42)35-27-15-5-16-28-35/h1-30,40H. The van der Waals surface area contributed by atoms with Crippen molar-refractivity contribution in [3.8, 4) is 0 Å². The minimum Gasteiger partial charge on any atom is -0.0738 e. The summed E-state index contributed by atoms with van der Waals surface area (Å²) in [5.74, 6) is -0.0450. The maximum atomic E-state index is 4.59. The van der Waals surface area contributed by atoms with Gasteiger partial charge in [0.05, 0.1) is 4.32 Å². The molecule has 0 aliphatic heterocycles. The molecule has 206 valence electrons. The molecule has 1 aliphatic carbocycles. The molecule has 0 bridgehead atoms. The number of halogens is 1. The number of hydrogen-bond donors (Lipinski definition) is 0. The van der Waals surface area contributed by atoms with Crippen molar-refractivity contribution in [1.82, 2.24) is 0 Å². The van der Waals surface area contributed by atoms with Gasteiger partial charge in [-0.3, -0.25) is 0 Å². The van der Waals surface area contributed by atoms with E-state index in [4.69, 9.17) is 0 Å². The highest BCUT2D eigenvalue weighted by molar-refractivity contribution is 9.10. The summed E-state index contributed by atoms with van der Waals surface area (Å²) in [7, 11) is 0. The van der Waals surface area contributed by atoms with Crippen molar-refractivity contribution >= 4 is 38.2 Å². The maximum absolute atomic E-state index is 4.59. The lowest BCUT2D eigenvalue weighted by Crippen LogP contribution is -2.34. The van der Waals surface area contributed by atoms with E-state index in [1.54, 1.807) is 0 Å². The van der Waals surface area contributed by atoms with E-state index in [1.165, 1.54) is 55.7 Å². The highest BCUT2D eigenvalue weighted by atomic mass is 79.9. The second-order valence-electron chi connectivity index (χ2n) is 10.9. The van der Waals surface area contributed by atoms with Gasteiger partial charge in [-0.05, 0) is 55.7 Å². The Labute approximate surface area is 262 Å². The third kappa shape index (κ3) is 4.90. The van der Waals surface area contributed by atoms with Gasteiger partial charge in [-0.25, -0.2) is 0 Å². The Bertz CT molecular complexity index is 1880. The van der Waals surface area contributed by atoms with Crippen LogP contribution in [0.2, 0.25) is 0 Å². The summed E-state index contributed by atoms with van der Waals surface area (Å²) in [5, 5.41) is 0. The first-order chi connectivity index (χ1) is 21.3. The van der Waals surface area contributed by atoms with Crippen LogP contribution in [0.4, 0.5) is 0 Å². The molecule has 0 heterocycles. The summed E-state index contributed by atoms with van der Waals surface area (Å²) in [5.41, 5.74) is 12.4. The van der Waals surface area contributed by atoms with E-state index in [9.17, 15) is 0 Å². The molecule has 1 heteroatoms. The highest BCUT2D eigenvalue weighted by Gasteiger charge is 2.50. The smallest absolute Gasteiger partial charge is 0.0738 e. The van der Waals surface area contributed by atoms with Gasteiger partial charge in [-0.2, -0.15) is 0 Å². The van der Waals surface area contributed by atoms with Crippen LogP contribution in [-0.2, 0) is 4.32 Å². The molecule has 2 unspecified atom stereocenters. The van der Waals surface area contributed by atoms with Gasteiger partial charge in [0, 0.05) is 5.92 Å². The molecule has 2 atom stereocenters. The molecule has 0 amide bonds. The molecule has 0 nitrogen and oxygen atoms in total. The van der Waals surface area contributed by atoms with Crippen LogP contribution in [-0.4, -0.2) is 0 Å². The molecule has 0 fully saturated rings. The molecule has 6 aromatic carbocycles. The third-order valence-electron chi connectivity index (χ3n) is 8.42. The van der Waals surface area contributed by atoms with Crippen molar-refractivity contribution in [2.75, 3.05) is 0 Å². The van der Waals surface area contributed by atoms with E-state index in [2.05, 4.69) is 198 Å². The van der Waals surface area contributed by atoms with Crippen molar-refractivity contribution in [3.63, 3.8) is 0 Å². The second-order valence-corrected chi connectivity index (χ2v) is 12.2. The minimum absolute atomic E-state index is 0.0450. The molecule has 0 spiro atoms. The lowest BCUT2D eigenvalue weighted by molar-refractivity contribution is 0.721. The highest BCUT2D eigenvalue weighted by Crippen LogP contribution is 2.66. The van der Waals surface area contributed by atoms with Crippen molar-refractivity contribution in [3.05, 3.63) is 215 Å². The normalized spacial score (nSPS) is 18.5. The van der Waals surface area contributed by atoms with Crippen LogP contribution in [0, 0.1) is 0 Å². The van der Waals surface area contributed by atoms with E-state index in [1.807, 2.05) is 0 Å². The largest absolute Gasteiger partial charge is 0.0875 e. The van der Waals surface area contributed by atoms with Gasteiger partial charge in [-0.15, -0.1) is 0 Å². The summed E-state index contributed by atoms with van der Waals surface area (Å²) in [6, 6.07) is 65.7. The van der Waals surface area contributed by atoms with Crippen LogP contribution in [0.15, 0.2) is 182 Å². The molecule has 7 rings (SSSR count). The summed E-state index contributed by atoms with van der Waals surface area (Å²) in [4.78, 5) is 0. The van der Waals surface area contributed by atoms with Crippen molar-refractivity contribution in [2.45, 2.75) is 10.2 Å². The van der Waals surface area contributed by atoms with Crippen LogP contribution < -0.4 is 0 Å². The zero-order valence-electron chi connectivity index (χ0n) is 23.8. The number of allylic oxidation sites excluding steroid dienone is 4. The monoisotopic (exact) mass is 614 g/mol. The molecule has 0 saturated carbocycles. The van der Waals surface area contributed by atoms with Crippen molar-refractivity contribution in [1.29, 1.82) is 0 Å². The average Bonchev–Trinajstić information content (AvgIpc) is 3.10. The van der Waals surface area contributed by atoms with Crippen LogP contribution >= 0.6 is 15.9 Å². The fourth-order valence-corrected chi connectivity index (χ4v) is 7.83. The molecule has 0 aromatic heterocycles. The van der Waals surface area contributed by atoms with Crippen molar-refractivity contribution in [2.24, 2.45) is 0 Å². The molecule has 43 heavy (non-hydrogen) atoms. The molecule has 0 radical (unpaired) electrons. The molecule has 6 aromatic rings. The van der Waals surface area contributed by atoms with E-state index in [-0.39, 0.29) is 5.92 Å². The summed E-state index contributed by atoms with van der Waals surface area (Å²) >= 11 is 4.59. The lowest BCUT2D eigenvalue weighted by Gasteiger charge is -2.47. The number of benzene rings is 6. The summed E-state index contributed by atoms with van der Waals surface area (Å²) in [6.45, 7) is 0. The Morgan fingerprint density at radius 2 is 0.744 bits per heavy atom. The SMILES string of the molecule is BrC1(c2ccccc2)C(c2ccccc2)=C(c2ccccc2)C(c2ccccc2)=C(c2ccccc2)C1c1ccccc1. The Morgan fingerprint density at radius 1 is 0.372 bits per heavy atom. The van der Waals surface area contributed by atoms with Crippen LogP contribution in [0.3, 0.4) is 0 Å². The lowest BCUT2D eigenvalue weighted by atomic mass is 9.61. The predicted molar refractivity (Wildman–Crippen MR) is 186 cm³/mol. The van der Waals surface area contributed by atoms with Gasteiger partial charge in [0.1, 0.15) is 0 Å². The zero-order chi connectivity index (χ0) is 29.1. The molecular weight excluding hydrogens is 584 g/mol. The first-order valence-corrected chi connectivity index (χ1v) is 15.6. The quantitative estimate of drug-likeness (QED) is 0.164. The molecule has 1 aliphatic rings. The topological polar surface area (TPSA) is 0 Å². The van der Waals surface area contributed by atoms with Crippen LogP contribution in [0.25, 0.3) is 22.3 Å². The second kappa shape index (κ2) is 11.9. The fraction of sp³-hybridized carbons (Fsp3) is 0.0476. The first kappa shape index (κ1) is 27.1. The number of rotatable bonds is 6. The van der Waals surface area contributed by atoms with Gasteiger partial charge < -0.3 is 0 Å². The third-order valence-corrected chi connectivity index (χ3v) is 9.73. The van der Waals surface area contributed by atoms with E-state index >= 15 is 0 Å². The minimum atomic E-state index is -0.592. The van der Waals surface area contributed by atoms with Crippen LogP contribution in [0.1, 0.15) is 39.3 Å². The van der Waals surface area contributed by atoms with Crippen LogP contribution in [0.5, 0.6) is 0 Å². The zero-order valence-corrected chi connectivity index (χ0v) is 25.4. The van der Waals surface area contributed by atoms with Gasteiger partial charge in [0.25, 0.3) is 0 Å². The predicted octanol–water partition coefficient (Wildman–Crippen LogP) is 11.3. The first-order valence-electron chi connectivity index (χ1n) is 14.8. The molecular formula is C42H31Br. The Kier molecular flexibility index (Phi) is 7.49. The van der Waals surface area contributed by atoms with E-state index in [0.29, 0.717) is 0 Å². The maximum Gasteiger partial charge on any atom is 0.0875 e. The van der Waals surface area contributed by atoms with Gasteiger partial charge in [0.15, 0.2) is 0 Å². The summed E-state index contributed by atoms with van der Waals surface area (Å²) < 4.78 is -0.592. The Morgan fingerprint density at radius 3 is 1.23 bits per heavy atom. The molecule has 0 N–H and O–H groups in total. The van der Waals surface area contributed by atoms with Gasteiger partial charge in [-0.1, -0.05) is 198 Å². The molecule has 0 saturated heterocycles. The van der Waals surface area contributed by atoms with Gasteiger partial charge in [0.2, 0.25) is 0 Å². The summed E-state index contributed by atoms with van der Waals surface area (Å²) in [6.07, 6.45) is 0. The van der Waals surface area contributed by atoms with E-state index < -0.39 is 4.32 Å².